The number of carbonyl (C=O) groups excluding carboxylic acids is 1. The minimum Gasteiger partial charge on any atom is -0.465 e. The number of hydrogen-bond acceptors (Lipinski definition) is 5. The van der Waals surface area contributed by atoms with Gasteiger partial charge in [-0.15, -0.1) is 0 Å². The summed E-state index contributed by atoms with van der Waals surface area (Å²) in [6.07, 6.45) is 9.55. The zero-order valence-corrected chi connectivity index (χ0v) is 24.2. The van der Waals surface area contributed by atoms with Gasteiger partial charge in [-0.1, -0.05) is 67.5 Å². The predicted molar refractivity (Wildman–Crippen MR) is 161 cm³/mol. The minimum absolute atomic E-state index is 0.00901. The quantitative estimate of drug-likeness (QED) is 0.219. The second-order valence-corrected chi connectivity index (χ2v) is 12.2. The summed E-state index contributed by atoms with van der Waals surface area (Å²) in [6, 6.07) is 16.7. The maximum atomic E-state index is 13.3. The Balaban J connectivity index is 1.12. The van der Waals surface area contributed by atoms with Crippen LogP contribution in [0.15, 0.2) is 66.7 Å². The van der Waals surface area contributed by atoms with E-state index in [1.165, 1.54) is 35.4 Å². The highest BCUT2D eigenvalue weighted by atomic mass is 16.6. The van der Waals surface area contributed by atoms with Crippen molar-refractivity contribution in [2.75, 3.05) is 39.3 Å². The molecule has 224 valence electrons. The van der Waals surface area contributed by atoms with Gasteiger partial charge in [0.2, 0.25) is 5.91 Å². The Labute approximate surface area is 247 Å². The number of nitro benzene ring substituents is 1. The first-order valence-corrected chi connectivity index (χ1v) is 15.3. The molecule has 0 radical (unpaired) electrons. The summed E-state index contributed by atoms with van der Waals surface area (Å²) in [5, 5.41) is 20.5. The average Bonchev–Trinajstić information content (AvgIpc) is 3.69. The van der Waals surface area contributed by atoms with Gasteiger partial charge in [-0.25, -0.2) is 4.79 Å². The number of likely N-dealkylation sites (tertiary alicyclic amines) is 2. The van der Waals surface area contributed by atoms with E-state index < -0.39 is 11.0 Å². The van der Waals surface area contributed by atoms with Crippen molar-refractivity contribution in [3.05, 3.63) is 88.0 Å². The Kier molecular flexibility index (Phi) is 9.89. The van der Waals surface area contributed by atoms with E-state index in [4.69, 9.17) is 0 Å². The molecular weight excluding hydrogens is 532 g/mol. The number of allylic oxidation sites excluding steroid dienone is 1. The number of nitro groups is 1. The van der Waals surface area contributed by atoms with E-state index in [2.05, 4.69) is 46.2 Å². The van der Waals surface area contributed by atoms with Gasteiger partial charge in [0.25, 0.3) is 5.69 Å². The number of benzene rings is 2. The summed E-state index contributed by atoms with van der Waals surface area (Å²) in [4.78, 5) is 41.5. The zero-order chi connectivity index (χ0) is 29.5. The normalized spacial score (nSPS) is 22.1. The van der Waals surface area contributed by atoms with Gasteiger partial charge in [-0.05, 0) is 61.7 Å². The Morgan fingerprint density at radius 1 is 0.976 bits per heavy atom. The fraction of sp³-hybridized carbons (Fsp3) is 0.515. The molecule has 3 fully saturated rings. The number of amides is 2. The summed E-state index contributed by atoms with van der Waals surface area (Å²) in [7, 11) is 0. The molecule has 42 heavy (non-hydrogen) atoms. The molecule has 2 heterocycles. The molecule has 3 aliphatic rings. The van der Waals surface area contributed by atoms with E-state index in [9.17, 15) is 24.8 Å². The summed E-state index contributed by atoms with van der Waals surface area (Å²) < 4.78 is 0. The number of carboxylic acid groups (broad SMARTS) is 1. The molecule has 0 aromatic heterocycles. The van der Waals surface area contributed by atoms with E-state index in [0.29, 0.717) is 29.2 Å². The molecule has 2 aromatic rings. The Bertz CT molecular complexity index is 1240. The van der Waals surface area contributed by atoms with Gasteiger partial charge in [-0.2, -0.15) is 0 Å². The van der Waals surface area contributed by atoms with Crippen LogP contribution in [0.2, 0.25) is 0 Å². The van der Waals surface area contributed by atoms with Crippen molar-refractivity contribution in [3.8, 4) is 0 Å². The predicted octanol–water partition coefficient (Wildman–Crippen LogP) is 5.78. The van der Waals surface area contributed by atoms with E-state index in [1.807, 2.05) is 6.08 Å². The summed E-state index contributed by atoms with van der Waals surface area (Å²) >= 11 is 0. The standard InChI is InChI=1S/C33H42N4O5/c38-32(28-10-4-5-11-28)36-23-29(31(24-36)27-8-2-1-3-9-27)22-34-19-16-25(17-20-34)7-6-18-35(33(39)40)21-26-12-14-30(15-13-26)37(41)42/h1-3,6-9,12-15,25,28-29,31H,4-5,10-11,16-24H2,(H,39,40)/t29-,31+/m0/s1. The lowest BCUT2D eigenvalue weighted by Gasteiger charge is -2.34. The van der Waals surface area contributed by atoms with Gasteiger partial charge >= 0.3 is 6.09 Å². The molecule has 0 spiro atoms. The molecule has 0 bridgehead atoms. The lowest BCUT2D eigenvalue weighted by molar-refractivity contribution is -0.384. The van der Waals surface area contributed by atoms with Gasteiger partial charge in [0, 0.05) is 56.7 Å². The number of rotatable bonds is 10. The van der Waals surface area contributed by atoms with Gasteiger partial charge in [0.05, 0.1) is 4.92 Å². The second-order valence-electron chi connectivity index (χ2n) is 12.2. The summed E-state index contributed by atoms with van der Waals surface area (Å²) in [5.74, 6) is 1.78. The molecule has 2 atom stereocenters. The lowest BCUT2D eigenvalue weighted by atomic mass is 9.87. The van der Waals surface area contributed by atoms with Crippen LogP contribution in [0.4, 0.5) is 10.5 Å². The monoisotopic (exact) mass is 574 g/mol. The number of carbonyl (C=O) groups is 2. The summed E-state index contributed by atoms with van der Waals surface area (Å²) in [5.41, 5.74) is 2.04. The molecule has 2 saturated heterocycles. The molecule has 9 heteroatoms. The van der Waals surface area contributed by atoms with Crippen LogP contribution in [0.1, 0.15) is 55.6 Å². The minimum atomic E-state index is -1.02. The first kappa shape index (κ1) is 29.8. The molecule has 1 N–H and O–H groups in total. The topological polar surface area (TPSA) is 107 Å². The fourth-order valence-electron chi connectivity index (χ4n) is 6.94. The first-order chi connectivity index (χ1) is 20.4. The maximum absolute atomic E-state index is 13.3. The van der Waals surface area contributed by atoms with E-state index >= 15 is 0 Å². The van der Waals surface area contributed by atoms with Crippen molar-refractivity contribution >= 4 is 17.7 Å². The molecule has 9 nitrogen and oxygen atoms in total. The highest BCUT2D eigenvalue weighted by molar-refractivity contribution is 5.79. The fourth-order valence-corrected chi connectivity index (χ4v) is 6.94. The van der Waals surface area contributed by atoms with Crippen molar-refractivity contribution in [1.29, 1.82) is 0 Å². The summed E-state index contributed by atoms with van der Waals surface area (Å²) in [6.45, 7) is 5.10. The van der Waals surface area contributed by atoms with Crippen molar-refractivity contribution in [2.24, 2.45) is 17.8 Å². The second kappa shape index (κ2) is 14.0. The number of piperidine rings is 1. The van der Waals surface area contributed by atoms with Gasteiger partial charge in [0.1, 0.15) is 0 Å². The molecule has 2 aromatic carbocycles. The number of hydrogen-bond donors (Lipinski definition) is 1. The third kappa shape index (κ3) is 7.56. The van der Waals surface area contributed by atoms with Crippen molar-refractivity contribution in [1.82, 2.24) is 14.7 Å². The van der Waals surface area contributed by atoms with Gasteiger partial charge < -0.3 is 19.8 Å². The number of nitrogens with zero attached hydrogens (tertiary/aromatic N) is 4. The molecular formula is C33H42N4O5. The molecule has 0 unspecified atom stereocenters. The Hall–Kier alpha value is -3.72. The van der Waals surface area contributed by atoms with Crippen LogP contribution in [0, 0.1) is 27.9 Å². The van der Waals surface area contributed by atoms with Crippen LogP contribution in [0.25, 0.3) is 0 Å². The van der Waals surface area contributed by atoms with Crippen molar-refractivity contribution < 1.29 is 19.6 Å². The SMILES string of the molecule is O=C(O)N(CC=CC1CCN(C[C@H]2CN(C(=O)C3CCCC3)C[C@@H]2c2ccccc2)CC1)Cc1ccc([N+](=O)[O-])cc1. The third-order valence-electron chi connectivity index (χ3n) is 9.33. The van der Waals surface area contributed by atoms with Crippen LogP contribution in [0.3, 0.4) is 0 Å². The van der Waals surface area contributed by atoms with Gasteiger partial charge in [0.15, 0.2) is 0 Å². The van der Waals surface area contributed by atoms with Crippen molar-refractivity contribution in [3.63, 3.8) is 0 Å². The van der Waals surface area contributed by atoms with Crippen LogP contribution in [-0.4, -0.2) is 76.0 Å². The van der Waals surface area contributed by atoms with Crippen LogP contribution >= 0.6 is 0 Å². The smallest absolute Gasteiger partial charge is 0.407 e. The van der Waals surface area contributed by atoms with Crippen LogP contribution in [-0.2, 0) is 11.3 Å². The molecule has 2 aliphatic heterocycles. The average molecular weight is 575 g/mol. The molecule has 1 aliphatic carbocycles. The van der Waals surface area contributed by atoms with E-state index in [-0.39, 0.29) is 24.7 Å². The van der Waals surface area contributed by atoms with Crippen LogP contribution < -0.4 is 0 Å². The van der Waals surface area contributed by atoms with Crippen molar-refractivity contribution in [2.45, 2.75) is 51.0 Å². The highest BCUT2D eigenvalue weighted by Gasteiger charge is 2.39. The maximum Gasteiger partial charge on any atom is 0.407 e. The highest BCUT2D eigenvalue weighted by Crippen LogP contribution is 2.36. The number of non-ortho nitro benzene ring substituents is 1. The Morgan fingerprint density at radius 3 is 2.31 bits per heavy atom. The lowest BCUT2D eigenvalue weighted by Crippen LogP contribution is -2.39. The largest absolute Gasteiger partial charge is 0.465 e. The van der Waals surface area contributed by atoms with E-state index in [0.717, 1.165) is 58.4 Å². The van der Waals surface area contributed by atoms with E-state index in [1.54, 1.807) is 12.1 Å². The molecule has 5 rings (SSSR count). The Morgan fingerprint density at radius 2 is 1.67 bits per heavy atom. The zero-order valence-electron chi connectivity index (χ0n) is 24.2. The first-order valence-electron chi connectivity index (χ1n) is 15.3. The third-order valence-corrected chi connectivity index (χ3v) is 9.33. The van der Waals surface area contributed by atoms with Gasteiger partial charge in [-0.3, -0.25) is 14.9 Å². The van der Waals surface area contributed by atoms with Crippen LogP contribution in [0.5, 0.6) is 0 Å². The molecule has 1 saturated carbocycles. The molecule has 2 amide bonds.